The number of fused-ring (bicyclic) bond motifs is 1. The van der Waals surface area contributed by atoms with Crippen molar-refractivity contribution in [2.24, 2.45) is 0 Å². The first-order chi connectivity index (χ1) is 10.3. The van der Waals surface area contributed by atoms with E-state index in [1.165, 1.54) is 6.33 Å². The zero-order valence-corrected chi connectivity index (χ0v) is 11.6. The maximum Gasteiger partial charge on any atom is 0.242 e. The van der Waals surface area contributed by atoms with Crippen LogP contribution in [0.5, 0.6) is 17.4 Å². The van der Waals surface area contributed by atoms with Gasteiger partial charge in [-0.3, -0.25) is 0 Å². The van der Waals surface area contributed by atoms with Crippen LogP contribution >= 0.6 is 0 Å². The third-order valence-electron chi connectivity index (χ3n) is 2.93. The van der Waals surface area contributed by atoms with Crippen molar-refractivity contribution in [3.63, 3.8) is 0 Å². The first-order valence-electron chi connectivity index (χ1n) is 6.68. The van der Waals surface area contributed by atoms with Crippen molar-refractivity contribution >= 4 is 17.2 Å². The molecule has 0 amide bonds. The molecule has 0 saturated carbocycles. The molecule has 0 radical (unpaired) electrons. The van der Waals surface area contributed by atoms with Gasteiger partial charge in [0.2, 0.25) is 12.7 Å². The molecule has 0 saturated heterocycles. The van der Waals surface area contributed by atoms with E-state index in [4.69, 9.17) is 19.9 Å². The second-order valence-electron chi connectivity index (χ2n) is 4.48. The Balaban J connectivity index is 1.81. The summed E-state index contributed by atoms with van der Waals surface area (Å²) < 4.78 is 16.1. The average Bonchev–Trinajstić information content (AvgIpc) is 2.96. The van der Waals surface area contributed by atoms with Gasteiger partial charge < -0.3 is 25.3 Å². The lowest BCUT2D eigenvalue weighted by molar-refractivity contribution is 0.174. The van der Waals surface area contributed by atoms with Gasteiger partial charge in [0, 0.05) is 11.8 Å². The van der Waals surface area contributed by atoms with Crippen LogP contribution in [-0.2, 0) is 0 Å². The summed E-state index contributed by atoms with van der Waals surface area (Å²) in [7, 11) is 0. The molecule has 0 bridgehead atoms. The number of anilines is 3. The molecule has 0 unspecified atom stereocenters. The minimum atomic E-state index is 0.240. The van der Waals surface area contributed by atoms with Crippen molar-refractivity contribution in [2.75, 3.05) is 24.5 Å². The average molecular weight is 288 g/mol. The fourth-order valence-corrected chi connectivity index (χ4v) is 1.90. The monoisotopic (exact) mass is 288 g/mol. The molecule has 21 heavy (non-hydrogen) atoms. The molecule has 0 spiro atoms. The van der Waals surface area contributed by atoms with Crippen LogP contribution in [0, 0.1) is 0 Å². The number of nitrogens with two attached hydrogens (primary N) is 1. The molecule has 2 aromatic rings. The van der Waals surface area contributed by atoms with E-state index in [-0.39, 0.29) is 6.79 Å². The fourth-order valence-electron chi connectivity index (χ4n) is 1.90. The predicted octanol–water partition coefficient (Wildman–Crippen LogP) is 2.32. The molecule has 110 valence electrons. The van der Waals surface area contributed by atoms with Crippen LogP contribution in [0.3, 0.4) is 0 Å². The Labute approximate surface area is 122 Å². The molecule has 0 atom stereocenters. The number of hydrogen-bond donors (Lipinski definition) is 2. The molecule has 0 fully saturated rings. The fraction of sp³-hybridized carbons (Fsp3) is 0.286. The van der Waals surface area contributed by atoms with Gasteiger partial charge in [0.15, 0.2) is 17.3 Å². The Morgan fingerprint density at radius 2 is 2.14 bits per heavy atom. The molecule has 1 aliphatic heterocycles. The van der Waals surface area contributed by atoms with Gasteiger partial charge in [-0.25, -0.2) is 4.98 Å². The number of rotatable bonds is 5. The zero-order valence-electron chi connectivity index (χ0n) is 11.6. The topological polar surface area (TPSA) is 91.5 Å². The molecule has 2 heterocycles. The van der Waals surface area contributed by atoms with E-state index < -0.39 is 0 Å². The van der Waals surface area contributed by atoms with Crippen LogP contribution in [0.15, 0.2) is 24.5 Å². The van der Waals surface area contributed by atoms with E-state index in [0.29, 0.717) is 29.7 Å². The standard InChI is InChI=1S/C14H16N4O3/c1-2-5-19-14-12(15)13(16-7-17-14)18-9-3-4-10-11(6-9)21-8-20-10/h3-4,6-7H,2,5,8,15H2,1H3,(H,16,17,18). The lowest BCUT2D eigenvalue weighted by Crippen LogP contribution is -2.05. The molecule has 3 rings (SSSR count). The van der Waals surface area contributed by atoms with Crippen LogP contribution in [-0.4, -0.2) is 23.4 Å². The van der Waals surface area contributed by atoms with Gasteiger partial charge in [-0.2, -0.15) is 4.98 Å². The molecular formula is C14H16N4O3. The normalized spacial score (nSPS) is 12.2. The van der Waals surface area contributed by atoms with Crippen LogP contribution in [0.4, 0.5) is 17.2 Å². The highest BCUT2D eigenvalue weighted by molar-refractivity contribution is 5.73. The van der Waals surface area contributed by atoms with Crippen molar-refractivity contribution in [3.8, 4) is 17.4 Å². The Morgan fingerprint density at radius 3 is 3.00 bits per heavy atom. The second-order valence-corrected chi connectivity index (χ2v) is 4.48. The van der Waals surface area contributed by atoms with Crippen molar-refractivity contribution in [1.29, 1.82) is 0 Å². The van der Waals surface area contributed by atoms with Gasteiger partial charge in [0.25, 0.3) is 0 Å². The highest BCUT2D eigenvalue weighted by atomic mass is 16.7. The van der Waals surface area contributed by atoms with Gasteiger partial charge in [-0.1, -0.05) is 6.92 Å². The predicted molar refractivity (Wildman–Crippen MR) is 78.1 cm³/mol. The SMILES string of the molecule is CCCOc1ncnc(Nc2ccc3c(c2)OCO3)c1N. The number of nitrogens with zero attached hydrogens (tertiary/aromatic N) is 2. The Hall–Kier alpha value is -2.70. The summed E-state index contributed by atoms with van der Waals surface area (Å²) in [5.41, 5.74) is 7.19. The largest absolute Gasteiger partial charge is 0.476 e. The summed E-state index contributed by atoms with van der Waals surface area (Å²) >= 11 is 0. The number of nitrogens with one attached hydrogen (secondary N) is 1. The summed E-state index contributed by atoms with van der Waals surface area (Å²) in [4.78, 5) is 8.17. The summed E-state index contributed by atoms with van der Waals surface area (Å²) in [5, 5.41) is 3.13. The second kappa shape index (κ2) is 5.74. The van der Waals surface area contributed by atoms with Gasteiger partial charge in [0.05, 0.1) is 6.61 Å². The van der Waals surface area contributed by atoms with Crippen molar-refractivity contribution in [3.05, 3.63) is 24.5 Å². The molecule has 1 aliphatic rings. The van der Waals surface area contributed by atoms with Gasteiger partial charge in [-0.15, -0.1) is 0 Å². The Morgan fingerprint density at radius 1 is 1.29 bits per heavy atom. The lowest BCUT2D eigenvalue weighted by atomic mass is 10.2. The van der Waals surface area contributed by atoms with E-state index in [9.17, 15) is 0 Å². The third-order valence-corrected chi connectivity index (χ3v) is 2.93. The summed E-state index contributed by atoms with van der Waals surface area (Å²) in [5.74, 6) is 2.29. The number of nitrogen functional groups attached to an aromatic ring is 1. The van der Waals surface area contributed by atoms with Crippen LogP contribution < -0.4 is 25.3 Å². The lowest BCUT2D eigenvalue weighted by Gasteiger charge is -2.11. The van der Waals surface area contributed by atoms with E-state index in [0.717, 1.165) is 17.9 Å². The maximum absolute atomic E-state index is 6.02. The first-order valence-corrected chi connectivity index (χ1v) is 6.68. The van der Waals surface area contributed by atoms with Crippen molar-refractivity contribution in [1.82, 2.24) is 9.97 Å². The summed E-state index contributed by atoms with van der Waals surface area (Å²) in [6.45, 7) is 2.82. The Kier molecular flexibility index (Phi) is 3.63. The third kappa shape index (κ3) is 2.76. The molecular weight excluding hydrogens is 272 g/mol. The minimum Gasteiger partial charge on any atom is -0.476 e. The van der Waals surface area contributed by atoms with Crippen molar-refractivity contribution < 1.29 is 14.2 Å². The first kappa shape index (κ1) is 13.3. The minimum absolute atomic E-state index is 0.240. The van der Waals surface area contributed by atoms with Crippen LogP contribution in [0.25, 0.3) is 0 Å². The van der Waals surface area contributed by atoms with Gasteiger partial charge >= 0.3 is 0 Å². The van der Waals surface area contributed by atoms with Gasteiger partial charge in [-0.05, 0) is 18.6 Å². The van der Waals surface area contributed by atoms with E-state index >= 15 is 0 Å². The number of benzene rings is 1. The molecule has 7 nitrogen and oxygen atoms in total. The Bertz CT molecular complexity index is 648. The number of ether oxygens (including phenoxy) is 3. The molecule has 7 heteroatoms. The van der Waals surface area contributed by atoms with Gasteiger partial charge in [0.1, 0.15) is 12.0 Å². The highest BCUT2D eigenvalue weighted by Crippen LogP contribution is 2.36. The summed E-state index contributed by atoms with van der Waals surface area (Å²) in [6.07, 6.45) is 2.30. The number of hydrogen-bond acceptors (Lipinski definition) is 7. The van der Waals surface area contributed by atoms with Crippen molar-refractivity contribution in [2.45, 2.75) is 13.3 Å². The molecule has 3 N–H and O–H groups in total. The van der Waals surface area contributed by atoms with E-state index in [2.05, 4.69) is 15.3 Å². The smallest absolute Gasteiger partial charge is 0.242 e. The highest BCUT2D eigenvalue weighted by Gasteiger charge is 2.15. The van der Waals surface area contributed by atoms with Crippen LogP contribution in [0.1, 0.15) is 13.3 Å². The molecule has 0 aliphatic carbocycles. The maximum atomic E-state index is 6.02. The molecule has 1 aromatic carbocycles. The number of aromatic nitrogens is 2. The van der Waals surface area contributed by atoms with E-state index in [1.807, 2.05) is 25.1 Å². The quantitative estimate of drug-likeness (QED) is 0.872. The van der Waals surface area contributed by atoms with E-state index in [1.54, 1.807) is 0 Å². The zero-order chi connectivity index (χ0) is 14.7. The van der Waals surface area contributed by atoms with Crippen LogP contribution in [0.2, 0.25) is 0 Å². The summed E-state index contributed by atoms with van der Waals surface area (Å²) in [6, 6.07) is 5.52. The molecule has 1 aromatic heterocycles.